The molecular weight excluding hydrogens is 791 g/mol. The quantitative estimate of drug-likeness (QED) is 0.166. The first kappa shape index (κ1) is 34.4. The number of fused-ring (bicyclic) bond motifs is 4. The van der Waals surface area contributed by atoms with Crippen LogP contribution in [-0.2, 0) is 54.3 Å². The standard InChI is InChI=1S/C44H52ClFN8O6/c1-42(2,3)60-41(58)54-21-14-33-31(24-54)48-37(52(33)5)39(56)50-29-12-8-10-27(35(29)46)26-9-7-11-28(34(26)45)49-38(55)36-47-30-23-53(20-13-32(30)51(36)4)22-19-43-15-17-44(25-43,18-16-43)40(57)59-6/h7-12H,13-25H2,1-6H3,(H,49,55)(H,50,56)/i7D,8D,9D,10D,11D,12D. The number of esters is 1. The van der Waals surface area contributed by atoms with Gasteiger partial charge in [-0.1, -0.05) is 35.8 Å². The summed E-state index contributed by atoms with van der Waals surface area (Å²) in [5, 5.41) is 4.26. The first-order valence-corrected chi connectivity index (χ1v) is 20.5. The predicted molar refractivity (Wildman–Crippen MR) is 223 cm³/mol. The lowest BCUT2D eigenvalue weighted by Crippen LogP contribution is -2.40. The largest absolute Gasteiger partial charge is 0.469 e. The molecule has 3 amide bonds. The maximum absolute atomic E-state index is 16.9. The van der Waals surface area contributed by atoms with Gasteiger partial charge in [-0.3, -0.25) is 19.3 Å². The average Bonchev–Trinajstić information content (AvgIpc) is 4.04. The van der Waals surface area contributed by atoms with Crippen LogP contribution in [0.25, 0.3) is 11.1 Å². The van der Waals surface area contributed by atoms with E-state index in [-0.39, 0.29) is 41.5 Å². The molecule has 0 saturated heterocycles. The van der Waals surface area contributed by atoms with Crippen molar-refractivity contribution in [2.75, 3.05) is 37.4 Å². The van der Waals surface area contributed by atoms with Gasteiger partial charge in [-0.25, -0.2) is 19.2 Å². The van der Waals surface area contributed by atoms with Gasteiger partial charge in [0.25, 0.3) is 11.8 Å². The molecule has 2 bridgehead atoms. The maximum Gasteiger partial charge on any atom is 0.410 e. The Hall–Kier alpha value is -5.28. The van der Waals surface area contributed by atoms with Crippen LogP contribution < -0.4 is 10.6 Å². The SMILES string of the molecule is [2H]c1c([2H])c(NC(=O)c2nc3c(n2C)CCN(C(=O)OC(C)(C)C)C3)c(F)c(-c2c([2H])c([2H])c([2H])c(NC(=O)c3nc4c(n3C)CCN(CCC35CCC(C(=O)OC)(CC3)C5)C4)c2Cl)c1[2H]. The second-order valence-corrected chi connectivity index (χ2v) is 17.8. The van der Waals surface area contributed by atoms with Gasteiger partial charge in [-0.2, -0.15) is 0 Å². The van der Waals surface area contributed by atoms with Gasteiger partial charge >= 0.3 is 12.1 Å². The van der Waals surface area contributed by atoms with Gasteiger partial charge in [-0.15, -0.1) is 0 Å². The average molecular weight is 849 g/mol. The zero-order valence-corrected chi connectivity index (χ0v) is 35.3. The molecule has 14 nitrogen and oxygen atoms in total. The Morgan fingerprint density at radius 1 is 0.867 bits per heavy atom. The third kappa shape index (κ3) is 7.66. The van der Waals surface area contributed by atoms with Crippen molar-refractivity contribution in [3.63, 3.8) is 0 Å². The molecular formula is C44H52ClFN8O6. The van der Waals surface area contributed by atoms with Gasteiger partial charge in [0, 0.05) is 69.1 Å². The molecule has 0 atom stereocenters. The molecule has 0 spiro atoms. The monoisotopic (exact) mass is 848 g/mol. The fraction of sp³-hybridized carbons (Fsp3) is 0.500. The number of carbonyl (C=O) groups is 4. The normalized spacial score (nSPS) is 22.4. The van der Waals surface area contributed by atoms with Crippen LogP contribution >= 0.6 is 11.6 Å². The summed E-state index contributed by atoms with van der Waals surface area (Å²) in [6.07, 6.45) is 5.80. The number of halogens is 2. The lowest BCUT2D eigenvalue weighted by molar-refractivity contribution is -0.152. The number of aromatic nitrogens is 4. The van der Waals surface area contributed by atoms with E-state index in [9.17, 15) is 19.2 Å². The molecule has 0 radical (unpaired) electrons. The van der Waals surface area contributed by atoms with Crippen molar-refractivity contribution in [3.8, 4) is 11.1 Å². The third-order valence-electron chi connectivity index (χ3n) is 12.6. The summed E-state index contributed by atoms with van der Waals surface area (Å²) >= 11 is 6.81. The van der Waals surface area contributed by atoms with Crippen LogP contribution in [0.4, 0.5) is 20.6 Å². The minimum absolute atomic E-state index is 0.0220. The summed E-state index contributed by atoms with van der Waals surface area (Å²) < 4.78 is 82.6. The van der Waals surface area contributed by atoms with E-state index in [1.165, 1.54) is 16.6 Å². The molecule has 318 valence electrons. The van der Waals surface area contributed by atoms with E-state index >= 15 is 4.39 Å². The van der Waals surface area contributed by atoms with Gasteiger partial charge in [0.2, 0.25) is 0 Å². The van der Waals surface area contributed by atoms with Gasteiger partial charge in [0.15, 0.2) is 17.5 Å². The lowest BCUT2D eigenvalue weighted by atomic mass is 9.80. The molecule has 60 heavy (non-hydrogen) atoms. The molecule has 2 N–H and O–H groups in total. The molecule has 2 fully saturated rings. The van der Waals surface area contributed by atoms with Gasteiger partial charge in [0.05, 0.1) is 55.1 Å². The summed E-state index contributed by atoms with van der Waals surface area (Å²) in [6.45, 7) is 7.54. The molecule has 2 aromatic carbocycles. The number of hydrogen-bond acceptors (Lipinski definition) is 9. The minimum Gasteiger partial charge on any atom is -0.469 e. The number of nitrogens with one attached hydrogen (secondary N) is 2. The number of methoxy groups -OCH3 is 1. The minimum atomic E-state index is -1.42. The third-order valence-corrected chi connectivity index (χ3v) is 12.9. The number of carbonyl (C=O) groups excluding carboxylic acids is 4. The van der Waals surface area contributed by atoms with E-state index < -0.39 is 93.1 Å². The Labute approximate surface area is 362 Å². The fourth-order valence-corrected chi connectivity index (χ4v) is 9.62. The molecule has 4 heterocycles. The first-order valence-electron chi connectivity index (χ1n) is 23.1. The van der Waals surface area contributed by atoms with E-state index in [4.69, 9.17) is 29.3 Å². The molecule has 2 aliphatic heterocycles. The van der Waals surface area contributed by atoms with Crippen LogP contribution in [0, 0.1) is 16.6 Å². The summed E-state index contributed by atoms with van der Waals surface area (Å²) in [4.78, 5) is 65.9. The van der Waals surface area contributed by atoms with Crippen LogP contribution in [-0.4, -0.2) is 85.1 Å². The lowest BCUT2D eigenvalue weighted by Gasteiger charge is -2.32. The molecule has 0 unspecified atom stereocenters. The van der Waals surface area contributed by atoms with Gasteiger partial charge in [-0.05, 0) is 83.3 Å². The zero-order valence-electron chi connectivity index (χ0n) is 40.6. The number of amides is 3. The van der Waals surface area contributed by atoms with Crippen LogP contribution in [0.1, 0.15) is 112 Å². The smallest absolute Gasteiger partial charge is 0.410 e. The molecule has 8 rings (SSSR count). The Balaban J connectivity index is 1.03. The Kier molecular flexibility index (Phi) is 8.97. The maximum atomic E-state index is 16.9. The zero-order chi connectivity index (χ0) is 47.9. The van der Waals surface area contributed by atoms with E-state index in [2.05, 4.69) is 25.5 Å². The van der Waals surface area contributed by atoms with Crippen molar-refractivity contribution in [2.45, 2.75) is 90.8 Å². The number of nitrogens with zero attached hydrogens (tertiary/aromatic N) is 6. The number of benzene rings is 2. The van der Waals surface area contributed by atoms with Crippen LogP contribution in [0.2, 0.25) is 5.02 Å². The van der Waals surface area contributed by atoms with Crippen molar-refractivity contribution < 1.29 is 41.3 Å². The van der Waals surface area contributed by atoms with Crippen LogP contribution in [0.15, 0.2) is 36.3 Å². The van der Waals surface area contributed by atoms with Crippen LogP contribution in [0.3, 0.4) is 0 Å². The second kappa shape index (κ2) is 15.6. The van der Waals surface area contributed by atoms with E-state index in [1.807, 2.05) is 0 Å². The first-order chi connectivity index (χ1) is 31.0. The van der Waals surface area contributed by atoms with E-state index in [1.54, 1.807) is 39.4 Å². The summed E-state index contributed by atoms with van der Waals surface area (Å²) in [6, 6.07) is -4.84. The Bertz CT molecular complexity index is 2730. The van der Waals surface area contributed by atoms with E-state index in [0.29, 0.717) is 36.5 Å². The molecule has 2 saturated carbocycles. The van der Waals surface area contributed by atoms with Crippen molar-refractivity contribution in [1.82, 2.24) is 28.9 Å². The Morgan fingerprint density at radius 3 is 2.08 bits per heavy atom. The molecule has 16 heteroatoms. The topological polar surface area (TPSA) is 153 Å². The summed E-state index contributed by atoms with van der Waals surface area (Å²) in [7, 11) is 4.70. The molecule has 2 aromatic heterocycles. The summed E-state index contributed by atoms with van der Waals surface area (Å²) in [5.41, 5.74) is -1.17. The van der Waals surface area contributed by atoms with Gasteiger partial charge in [0.1, 0.15) is 5.60 Å². The fourth-order valence-electron chi connectivity index (χ4n) is 9.38. The van der Waals surface area contributed by atoms with Crippen molar-refractivity contribution in [3.05, 3.63) is 81.5 Å². The highest BCUT2D eigenvalue weighted by molar-refractivity contribution is 6.36. The number of rotatable bonds is 9. The molecule has 4 aromatic rings. The second-order valence-electron chi connectivity index (χ2n) is 17.4. The van der Waals surface area contributed by atoms with Crippen molar-refractivity contribution in [2.24, 2.45) is 24.9 Å². The number of hydrogen-bond donors (Lipinski definition) is 2. The Morgan fingerprint density at radius 2 is 1.45 bits per heavy atom. The number of anilines is 2. The summed E-state index contributed by atoms with van der Waals surface area (Å²) in [5.74, 6) is -3.53. The molecule has 4 aliphatic rings. The highest BCUT2D eigenvalue weighted by atomic mass is 35.5. The van der Waals surface area contributed by atoms with Gasteiger partial charge < -0.3 is 34.1 Å². The number of imidazole rings is 2. The van der Waals surface area contributed by atoms with Crippen molar-refractivity contribution >= 4 is 46.9 Å². The highest BCUT2D eigenvalue weighted by Gasteiger charge is 2.58. The van der Waals surface area contributed by atoms with E-state index in [0.717, 1.165) is 57.3 Å². The highest BCUT2D eigenvalue weighted by Crippen LogP contribution is 2.63. The number of ether oxygens (including phenoxy) is 2. The van der Waals surface area contributed by atoms with Crippen LogP contribution in [0.5, 0.6) is 0 Å². The predicted octanol–water partition coefficient (Wildman–Crippen LogP) is 7.28. The molecule has 2 aliphatic carbocycles. The van der Waals surface area contributed by atoms with Crippen molar-refractivity contribution in [1.29, 1.82) is 0 Å².